The lowest BCUT2D eigenvalue weighted by Gasteiger charge is -2.43. The number of aliphatic hydroxyl groups excluding tert-OH is 1. The first-order chi connectivity index (χ1) is 26.8. The fourth-order valence-corrected chi connectivity index (χ4v) is 7.81. The highest BCUT2D eigenvalue weighted by molar-refractivity contribution is 6.06. The standard InChI is InChI=1S/C45H51N3O7/c1-31-40(28-47-23-8-3-2-4-9-24-47)54-44(55-42(31)36-17-15-32(29-49)16-18-36)37-21-19-35(20-22-37)38-14-10-13-34(25-38)27-48-41(50)26-39(43(48)51)46-45(52)53-30-33-11-6-5-7-12-33/h5-7,10-22,25,31,39-40,42,44,49H,2-4,8-9,23-24,26-30H2,1H3,(H,46,52)/t31-,39?,40+,42+,44+/m0/s1. The molecule has 1 unspecified atom stereocenters. The fourth-order valence-electron chi connectivity index (χ4n) is 7.81. The second kappa shape index (κ2) is 18.2. The summed E-state index contributed by atoms with van der Waals surface area (Å²) >= 11 is 0. The average molecular weight is 746 g/mol. The number of benzene rings is 4. The second-order valence-corrected chi connectivity index (χ2v) is 15.0. The van der Waals surface area contributed by atoms with E-state index in [2.05, 4.69) is 29.3 Å². The molecular formula is C45H51N3O7. The average Bonchev–Trinajstić information content (AvgIpc) is 3.46. The van der Waals surface area contributed by atoms with Crippen LogP contribution in [0.15, 0.2) is 103 Å². The summed E-state index contributed by atoms with van der Waals surface area (Å²) in [5, 5.41) is 12.2. The number of imide groups is 1. The molecule has 0 bridgehead atoms. The van der Waals surface area contributed by atoms with E-state index in [1.165, 1.54) is 37.0 Å². The maximum Gasteiger partial charge on any atom is 0.408 e. The van der Waals surface area contributed by atoms with Gasteiger partial charge >= 0.3 is 6.09 Å². The highest BCUT2D eigenvalue weighted by Gasteiger charge is 2.40. The molecule has 4 aromatic carbocycles. The number of likely N-dealkylation sites (tertiary alicyclic amines) is 2. The van der Waals surface area contributed by atoms with Crippen LogP contribution in [0.25, 0.3) is 11.1 Å². The molecule has 2 N–H and O–H groups in total. The lowest BCUT2D eigenvalue weighted by atomic mass is 9.89. The summed E-state index contributed by atoms with van der Waals surface area (Å²) in [6.45, 7) is 5.41. The van der Waals surface area contributed by atoms with Gasteiger partial charge in [-0.25, -0.2) is 4.79 Å². The van der Waals surface area contributed by atoms with Gasteiger partial charge in [0.15, 0.2) is 6.29 Å². The number of amides is 3. The summed E-state index contributed by atoms with van der Waals surface area (Å²) in [4.78, 5) is 42.3. The number of nitrogens with zero attached hydrogens (tertiary/aromatic N) is 2. The third kappa shape index (κ3) is 9.69. The van der Waals surface area contributed by atoms with Crippen LogP contribution in [0.5, 0.6) is 0 Å². The van der Waals surface area contributed by atoms with Crippen molar-refractivity contribution >= 4 is 17.9 Å². The molecule has 3 fully saturated rings. The number of carbonyl (C=O) groups is 3. The van der Waals surface area contributed by atoms with E-state index in [1.54, 1.807) is 0 Å². The first-order valence-electron chi connectivity index (χ1n) is 19.6. The number of aliphatic hydroxyl groups is 1. The number of alkyl carbamates (subject to hydrolysis) is 1. The summed E-state index contributed by atoms with van der Waals surface area (Å²) in [6.07, 6.45) is 4.69. The molecule has 0 radical (unpaired) electrons. The minimum atomic E-state index is -0.966. The van der Waals surface area contributed by atoms with Gasteiger partial charge in [-0.3, -0.25) is 14.5 Å². The van der Waals surface area contributed by atoms with Crippen LogP contribution < -0.4 is 5.32 Å². The van der Waals surface area contributed by atoms with Gasteiger partial charge in [0.25, 0.3) is 5.91 Å². The van der Waals surface area contributed by atoms with Gasteiger partial charge in [-0.1, -0.05) is 123 Å². The van der Waals surface area contributed by atoms with Crippen molar-refractivity contribution in [3.63, 3.8) is 0 Å². The molecule has 7 rings (SSSR count). The third-order valence-electron chi connectivity index (χ3n) is 11.0. The highest BCUT2D eigenvalue weighted by atomic mass is 16.7. The predicted molar refractivity (Wildman–Crippen MR) is 208 cm³/mol. The zero-order chi connectivity index (χ0) is 38.1. The van der Waals surface area contributed by atoms with Crippen LogP contribution in [-0.4, -0.2) is 64.6 Å². The van der Waals surface area contributed by atoms with E-state index >= 15 is 0 Å². The van der Waals surface area contributed by atoms with Gasteiger partial charge in [-0.05, 0) is 65.4 Å². The predicted octanol–water partition coefficient (Wildman–Crippen LogP) is 7.46. The van der Waals surface area contributed by atoms with Gasteiger partial charge in [-0.15, -0.1) is 0 Å². The monoisotopic (exact) mass is 745 g/mol. The topological polar surface area (TPSA) is 118 Å². The fraction of sp³-hybridized carbons (Fsp3) is 0.400. The molecule has 0 saturated carbocycles. The van der Waals surface area contributed by atoms with Gasteiger partial charge in [0.2, 0.25) is 5.91 Å². The van der Waals surface area contributed by atoms with E-state index in [1.807, 2.05) is 91.0 Å². The molecule has 3 aliphatic heterocycles. The number of carbonyl (C=O) groups excluding carboxylic acids is 3. The first-order valence-corrected chi connectivity index (χ1v) is 19.6. The lowest BCUT2D eigenvalue weighted by molar-refractivity contribution is -0.276. The summed E-state index contributed by atoms with van der Waals surface area (Å²) in [7, 11) is 0. The lowest BCUT2D eigenvalue weighted by Crippen LogP contribution is -2.45. The summed E-state index contributed by atoms with van der Waals surface area (Å²) in [5.74, 6) is -0.676. The Morgan fingerprint density at radius 2 is 1.47 bits per heavy atom. The second-order valence-electron chi connectivity index (χ2n) is 15.0. The molecule has 0 aromatic heterocycles. The van der Waals surface area contributed by atoms with Crippen molar-refractivity contribution in [3.8, 4) is 11.1 Å². The summed E-state index contributed by atoms with van der Waals surface area (Å²) in [5.41, 5.74) is 6.41. The van der Waals surface area contributed by atoms with E-state index in [0.717, 1.165) is 58.6 Å². The Kier molecular flexibility index (Phi) is 12.7. The van der Waals surface area contributed by atoms with Crippen LogP contribution in [0, 0.1) is 5.92 Å². The zero-order valence-corrected chi connectivity index (χ0v) is 31.5. The van der Waals surface area contributed by atoms with Crippen molar-refractivity contribution < 1.29 is 33.7 Å². The van der Waals surface area contributed by atoms with Gasteiger partial charge in [0.1, 0.15) is 12.6 Å². The molecular weight excluding hydrogens is 695 g/mol. The van der Waals surface area contributed by atoms with E-state index in [-0.39, 0.29) is 50.2 Å². The SMILES string of the molecule is C[C@H]1[C@@H](CN2CCCCCCC2)O[C@@H](c2ccc(-c3cccc(CN4C(=O)CC(NC(=O)OCc5ccccc5)C4=O)c3)cc2)O[C@H]1c1ccc(CO)cc1. The van der Waals surface area contributed by atoms with Gasteiger partial charge in [0, 0.05) is 18.0 Å². The molecule has 3 saturated heterocycles. The molecule has 4 aromatic rings. The molecule has 5 atom stereocenters. The Hall–Kier alpha value is -4.87. The van der Waals surface area contributed by atoms with E-state index in [4.69, 9.17) is 14.2 Å². The van der Waals surface area contributed by atoms with E-state index in [9.17, 15) is 19.5 Å². The Labute approximate surface area is 323 Å². The highest BCUT2D eigenvalue weighted by Crippen LogP contribution is 2.42. The normalized spacial score (nSPS) is 23.6. The van der Waals surface area contributed by atoms with Crippen LogP contribution in [-0.2, 0) is 43.6 Å². The molecule has 3 heterocycles. The van der Waals surface area contributed by atoms with Crippen LogP contribution in [0.1, 0.15) is 85.7 Å². The van der Waals surface area contributed by atoms with E-state index < -0.39 is 24.3 Å². The van der Waals surface area contributed by atoms with Gasteiger partial charge in [-0.2, -0.15) is 0 Å². The van der Waals surface area contributed by atoms with Crippen molar-refractivity contribution in [2.75, 3.05) is 19.6 Å². The third-order valence-corrected chi connectivity index (χ3v) is 11.0. The van der Waals surface area contributed by atoms with Gasteiger partial charge in [0.05, 0.1) is 31.8 Å². The maximum atomic E-state index is 13.2. The molecule has 288 valence electrons. The number of nitrogens with one attached hydrogen (secondary N) is 1. The van der Waals surface area contributed by atoms with Crippen molar-refractivity contribution in [3.05, 3.63) is 131 Å². The van der Waals surface area contributed by atoms with Crippen LogP contribution in [0.4, 0.5) is 4.79 Å². The molecule has 0 spiro atoms. The number of rotatable bonds is 11. The van der Waals surface area contributed by atoms with Crippen molar-refractivity contribution in [1.29, 1.82) is 0 Å². The molecule has 3 aliphatic rings. The number of hydrogen-bond acceptors (Lipinski definition) is 8. The van der Waals surface area contributed by atoms with Crippen LogP contribution in [0.3, 0.4) is 0 Å². The number of hydrogen-bond donors (Lipinski definition) is 2. The number of ether oxygens (including phenoxy) is 3. The molecule has 0 aliphatic carbocycles. The van der Waals surface area contributed by atoms with Crippen molar-refractivity contribution in [1.82, 2.24) is 15.1 Å². The Balaban J connectivity index is 1.01. The van der Waals surface area contributed by atoms with Crippen molar-refractivity contribution in [2.45, 2.75) is 89.7 Å². The van der Waals surface area contributed by atoms with Crippen molar-refractivity contribution in [2.24, 2.45) is 5.92 Å². The van der Waals surface area contributed by atoms with Gasteiger partial charge < -0.3 is 29.5 Å². The van der Waals surface area contributed by atoms with Crippen LogP contribution in [0.2, 0.25) is 0 Å². The maximum absolute atomic E-state index is 13.2. The van der Waals surface area contributed by atoms with Crippen LogP contribution >= 0.6 is 0 Å². The smallest absolute Gasteiger partial charge is 0.408 e. The Morgan fingerprint density at radius 3 is 2.20 bits per heavy atom. The first kappa shape index (κ1) is 38.4. The Bertz CT molecular complexity index is 1890. The summed E-state index contributed by atoms with van der Waals surface area (Å²) in [6, 6.07) is 32.3. The largest absolute Gasteiger partial charge is 0.445 e. The van der Waals surface area contributed by atoms with E-state index in [0.29, 0.717) is 0 Å². The molecule has 55 heavy (non-hydrogen) atoms. The zero-order valence-electron chi connectivity index (χ0n) is 31.5. The Morgan fingerprint density at radius 1 is 0.782 bits per heavy atom. The summed E-state index contributed by atoms with van der Waals surface area (Å²) < 4.78 is 18.8. The molecule has 10 nitrogen and oxygen atoms in total. The quantitative estimate of drug-likeness (QED) is 0.152. The molecule has 10 heteroatoms. The minimum absolute atomic E-state index is 0.000294. The molecule has 3 amide bonds. The minimum Gasteiger partial charge on any atom is -0.445 e.